The van der Waals surface area contributed by atoms with Crippen LogP contribution in [0.4, 0.5) is 5.69 Å². The van der Waals surface area contributed by atoms with Crippen LogP contribution in [0.5, 0.6) is 11.5 Å². The maximum absolute atomic E-state index is 13.2. The number of rotatable bonds is 7. The topological polar surface area (TPSA) is 125 Å². The summed E-state index contributed by atoms with van der Waals surface area (Å²) in [7, 11) is -2.33. The van der Waals surface area contributed by atoms with Crippen LogP contribution in [0.25, 0.3) is 0 Å². The largest absolute Gasteiger partial charge is 0.493 e. The van der Waals surface area contributed by atoms with Gasteiger partial charge in [0.15, 0.2) is 18.1 Å². The molecule has 32 heavy (non-hydrogen) atoms. The predicted molar refractivity (Wildman–Crippen MR) is 119 cm³/mol. The number of nitrogens with two attached hydrogens (primary N) is 1. The minimum Gasteiger partial charge on any atom is -0.493 e. The number of thiophene rings is 1. The highest BCUT2D eigenvalue weighted by molar-refractivity contribution is 7.91. The van der Waals surface area contributed by atoms with Gasteiger partial charge >= 0.3 is 0 Å². The number of primary amides is 1. The molecule has 0 radical (unpaired) electrons. The van der Waals surface area contributed by atoms with Gasteiger partial charge in [-0.15, -0.1) is 11.3 Å². The Balaban J connectivity index is 1.76. The molecule has 1 aliphatic rings. The molecule has 4 rings (SSSR count). The molecule has 1 aliphatic heterocycles. The molecule has 0 saturated heterocycles. The smallest absolute Gasteiger partial charge is 0.255 e. The third-order valence-corrected chi connectivity index (χ3v) is 8.10. The van der Waals surface area contributed by atoms with Crippen molar-refractivity contribution in [3.8, 4) is 11.5 Å². The highest BCUT2D eigenvalue weighted by atomic mass is 32.2. The number of carbonyl (C=O) groups excluding carboxylic acids is 2. The third kappa shape index (κ3) is 4.06. The van der Waals surface area contributed by atoms with Crippen molar-refractivity contribution in [2.24, 2.45) is 5.73 Å². The van der Waals surface area contributed by atoms with Crippen LogP contribution in [0.15, 0.2) is 63.7 Å². The number of nitrogens with one attached hydrogen (secondary N) is 1. The van der Waals surface area contributed by atoms with Gasteiger partial charge in [-0.1, -0.05) is 24.3 Å². The molecule has 0 fully saturated rings. The first-order valence-corrected chi connectivity index (χ1v) is 12.0. The van der Waals surface area contributed by atoms with Gasteiger partial charge in [0.05, 0.1) is 17.7 Å². The summed E-state index contributed by atoms with van der Waals surface area (Å²) in [6, 6.07) is 13.2. The second-order valence-electron chi connectivity index (χ2n) is 7.13. The fourth-order valence-corrected chi connectivity index (χ4v) is 6.50. The second kappa shape index (κ2) is 8.64. The minimum absolute atomic E-state index is 0.0699. The summed E-state index contributed by atoms with van der Waals surface area (Å²) in [5, 5.41) is 4.29. The molecule has 1 atom stereocenters. The van der Waals surface area contributed by atoms with E-state index >= 15 is 0 Å². The molecule has 1 aromatic heterocycles. The zero-order valence-corrected chi connectivity index (χ0v) is 18.7. The average Bonchev–Trinajstić information content (AvgIpc) is 3.22. The number of fused-ring (bicyclic) bond motifs is 1. The van der Waals surface area contributed by atoms with E-state index in [0.717, 1.165) is 10.4 Å². The van der Waals surface area contributed by atoms with E-state index in [9.17, 15) is 18.0 Å². The molecule has 2 aromatic carbocycles. The fraction of sp³-hybridized carbons (Fsp3) is 0.182. The number of carbonyl (C=O) groups is 2. The molecule has 166 valence electrons. The molecule has 3 aromatic rings. The van der Waals surface area contributed by atoms with Crippen molar-refractivity contribution in [2.45, 2.75) is 22.1 Å². The molecule has 3 N–H and O–H groups in total. The standard InChI is InChI=1S/C22H20N2O6S2/c1-29-16-8-7-13(9-17(16)30-11-19(23)25)15-10-20(26)24-21-18(12-31-22(15)21)32(27,28)14-5-3-2-4-6-14/h2-9,12,15H,10-11H2,1H3,(H2,23,25)(H,24,26)/t15-/m0/s1. The van der Waals surface area contributed by atoms with Crippen molar-refractivity contribution >= 4 is 38.7 Å². The Morgan fingerprint density at radius 3 is 2.62 bits per heavy atom. The highest BCUT2D eigenvalue weighted by Crippen LogP contribution is 2.47. The number of ether oxygens (including phenoxy) is 2. The van der Waals surface area contributed by atoms with Gasteiger partial charge in [-0.05, 0) is 29.8 Å². The molecule has 0 aliphatic carbocycles. The first-order valence-electron chi connectivity index (χ1n) is 9.61. The number of amides is 2. The van der Waals surface area contributed by atoms with E-state index in [2.05, 4.69) is 5.32 Å². The molecular formula is C22H20N2O6S2. The van der Waals surface area contributed by atoms with Crippen LogP contribution in [0, 0.1) is 0 Å². The van der Waals surface area contributed by atoms with Gasteiger partial charge in [-0.2, -0.15) is 0 Å². The Bertz CT molecular complexity index is 1290. The minimum atomic E-state index is -3.80. The molecular weight excluding hydrogens is 452 g/mol. The Kier molecular flexibility index (Phi) is 5.90. The monoisotopic (exact) mass is 472 g/mol. The summed E-state index contributed by atoms with van der Waals surface area (Å²) in [4.78, 5) is 24.6. The summed E-state index contributed by atoms with van der Waals surface area (Å²) in [5.41, 5.74) is 6.20. The molecule has 0 spiro atoms. The van der Waals surface area contributed by atoms with Gasteiger partial charge in [0.2, 0.25) is 15.7 Å². The quantitative estimate of drug-likeness (QED) is 0.545. The van der Waals surface area contributed by atoms with Crippen LogP contribution in [0.3, 0.4) is 0 Å². The Hall–Kier alpha value is -3.37. The van der Waals surface area contributed by atoms with Crippen molar-refractivity contribution in [3.63, 3.8) is 0 Å². The van der Waals surface area contributed by atoms with Gasteiger partial charge in [0.25, 0.3) is 5.91 Å². The Morgan fingerprint density at radius 2 is 1.94 bits per heavy atom. The Morgan fingerprint density at radius 1 is 1.19 bits per heavy atom. The van der Waals surface area contributed by atoms with E-state index in [0.29, 0.717) is 17.2 Å². The molecule has 8 nitrogen and oxygen atoms in total. The van der Waals surface area contributed by atoms with E-state index in [1.54, 1.807) is 41.8 Å². The van der Waals surface area contributed by atoms with E-state index in [-0.39, 0.29) is 34.6 Å². The second-order valence-corrected chi connectivity index (χ2v) is 9.96. The van der Waals surface area contributed by atoms with Crippen molar-refractivity contribution < 1.29 is 27.5 Å². The molecule has 2 heterocycles. The lowest BCUT2D eigenvalue weighted by molar-refractivity contribution is -0.120. The first kappa shape index (κ1) is 21.8. The lowest BCUT2D eigenvalue weighted by Gasteiger charge is -2.24. The van der Waals surface area contributed by atoms with Crippen LogP contribution < -0.4 is 20.5 Å². The normalized spacial score (nSPS) is 15.5. The zero-order valence-electron chi connectivity index (χ0n) is 17.0. The van der Waals surface area contributed by atoms with Crippen LogP contribution in [0.2, 0.25) is 0 Å². The molecule has 0 bridgehead atoms. The van der Waals surface area contributed by atoms with Crippen LogP contribution >= 0.6 is 11.3 Å². The van der Waals surface area contributed by atoms with Gasteiger partial charge in [0, 0.05) is 22.6 Å². The van der Waals surface area contributed by atoms with E-state index in [1.807, 2.05) is 0 Å². The first-order chi connectivity index (χ1) is 15.3. The van der Waals surface area contributed by atoms with Gasteiger partial charge < -0.3 is 20.5 Å². The van der Waals surface area contributed by atoms with Gasteiger partial charge in [-0.25, -0.2) is 8.42 Å². The summed E-state index contributed by atoms with van der Waals surface area (Å²) < 4.78 is 37.1. The summed E-state index contributed by atoms with van der Waals surface area (Å²) in [5.74, 6) is -0.587. The summed E-state index contributed by atoms with van der Waals surface area (Å²) in [6.45, 7) is -0.325. The van der Waals surface area contributed by atoms with Crippen LogP contribution in [0.1, 0.15) is 22.8 Å². The van der Waals surface area contributed by atoms with E-state index < -0.39 is 15.7 Å². The Labute approximate surface area is 188 Å². The summed E-state index contributed by atoms with van der Waals surface area (Å²) in [6.07, 6.45) is 0.139. The number of methoxy groups -OCH3 is 1. The predicted octanol–water partition coefficient (Wildman–Crippen LogP) is 2.93. The van der Waals surface area contributed by atoms with Crippen molar-refractivity contribution in [1.82, 2.24) is 0 Å². The maximum atomic E-state index is 13.2. The maximum Gasteiger partial charge on any atom is 0.255 e. The number of hydrogen-bond acceptors (Lipinski definition) is 7. The van der Waals surface area contributed by atoms with Crippen LogP contribution in [-0.2, 0) is 19.4 Å². The molecule has 0 unspecified atom stereocenters. The zero-order chi connectivity index (χ0) is 22.9. The van der Waals surface area contributed by atoms with Crippen LogP contribution in [-0.4, -0.2) is 33.9 Å². The average molecular weight is 473 g/mol. The van der Waals surface area contributed by atoms with Crippen molar-refractivity contribution in [2.75, 3.05) is 19.0 Å². The number of hydrogen-bond donors (Lipinski definition) is 2. The lowest BCUT2D eigenvalue weighted by Crippen LogP contribution is -2.23. The van der Waals surface area contributed by atoms with E-state index in [1.165, 1.54) is 30.6 Å². The SMILES string of the molecule is COc1ccc([C@@H]2CC(=O)Nc3c(S(=O)(=O)c4ccccc4)csc32)cc1OCC(N)=O. The fourth-order valence-electron chi connectivity index (χ4n) is 3.57. The lowest BCUT2D eigenvalue weighted by atomic mass is 9.90. The highest BCUT2D eigenvalue weighted by Gasteiger charge is 2.34. The van der Waals surface area contributed by atoms with E-state index in [4.69, 9.17) is 15.2 Å². The number of benzene rings is 2. The number of sulfone groups is 1. The number of anilines is 1. The molecule has 2 amide bonds. The van der Waals surface area contributed by atoms with Gasteiger partial charge in [-0.3, -0.25) is 9.59 Å². The third-order valence-electron chi connectivity index (χ3n) is 5.06. The van der Waals surface area contributed by atoms with Crippen molar-refractivity contribution in [1.29, 1.82) is 0 Å². The summed E-state index contributed by atoms with van der Waals surface area (Å²) >= 11 is 1.27. The molecule has 10 heteroatoms. The van der Waals surface area contributed by atoms with Gasteiger partial charge in [0.1, 0.15) is 4.90 Å². The molecule has 0 saturated carbocycles. The van der Waals surface area contributed by atoms with Crippen molar-refractivity contribution in [3.05, 3.63) is 64.4 Å².